The fourth-order valence-corrected chi connectivity index (χ4v) is 2.41. The monoisotopic (exact) mass is 351 g/mol. The van der Waals surface area contributed by atoms with Crippen LogP contribution >= 0.6 is 0 Å². The molecule has 0 spiro atoms. The third-order valence-corrected chi connectivity index (χ3v) is 3.59. The molecule has 0 bridgehead atoms. The van der Waals surface area contributed by atoms with Gasteiger partial charge in [-0.1, -0.05) is 0 Å². The number of furan rings is 1. The zero-order chi connectivity index (χ0) is 17.8. The van der Waals surface area contributed by atoms with Gasteiger partial charge in [-0.25, -0.2) is 0 Å². The van der Waals surface area contributed by atoms with Gasteiger partial charge in [-0.05, 0) is 37.3 Å². The van der Waals surface area contributed by atoms with Crippen LogP contribution < -0.4 is 15.4 Å². The van der Waals surface area contributed by atoms with Gasteiger partial charge in [0.1, 0.15) is 5.76 Å². The second-order valence-electron chi connectivity index (χ2n) is 5.43. The predicted octanol–water partition coefficient (Wildman–Crippen LogP) is 3.10. The Morgan fingerprint density at radius 2 is 2.08 bits per heavy atom. The number of benzene rings is 1. The van der Waals surface area contributed by atoms with Crippen molar-refractivity contribution in [3.63, 3.8) is 0 Å². The highest BCUT2D eigenvalue weighted by Crippen LogP contribution is 2.21. The molecule has 0 radical (unpaired) electrons. The van der Waals surface area contributed by atoms with Gasteiger partial charge in [0.05, 0.1) is 31.1 Å². The van der Waals surface area contributed by atoms with Crippen molar-refractivity contribution in [3.05, 3.63) is 48.6 Å². The molecule has 0 amide bonds. The molecule has 4 rings (SSSR count). The molecule has 0 aliphatic rings. The first-order valence-corrected chi connectivity index (χ1v) is 8.15. The molecule has 26 heavy (non-hydrogen) atoms. The van der Waals surface area contributed by atoms with Crippen molar-refractivity contribution < 1.29 is 9.15 Å². The van der Waals surface area contributed by atoms with E-state index in [1.807, 2.05) is 37.3 Å². The maximum absolute atomic E-state index is 5.44. The molecule has 3 aromatic heterocycles. The largest absolute Gasteiger partial charge is 0.467 e. The molecular formula is C17H17N7O2. The van der Waals surface area contributed by atoms with Crippen LogP contribution in [0, 0.1) is 0 Å². The summed E-state index contributed by atoms with van der Waals surface area (Å²) in [4.78, 5) is 12.9. The highest BCUT2D eigenvalue weighted by Gasteiger charge is 2.09. The number of hydrogen-bond acceptors (Lipinski definition) is 8. The van der Waals surface area contributed by atoms with E-state index in [2.05, 4.69) is 35.8 Å². The van der Waals surface area contributed by atoms with Crippen molar-refractivity contribution >= 4 is 28.5 Å². The zero-order valence-corrected chi connectivity index (χ0v) is 14.1. The molecule has 0 fully saturated rings. The van der Waals surface area contributed by atoms with Crippen molar-refractivity contribution in [1.82, 2.24) is 25.1 Å². The average molecular weight is 351 g/mol. The van der Waals surface area contributed by atoms with E-state index in [4.69, 9.17) is 9.15 Å². The molecule has 1 aromatic carbocycles. The van der Waals surface area contributed by atoms with Gasteiger partial charge in [0, 0.05) is 11.1 Å². The quantitative estimate of drug-likeness (QED) is 0.465. The molecule has 0 saturated heterocycles. The van der Waals surface area contributed by atoms with Crippen LogP contribution in [0.3, 0.4) is 0 Å². The molecule has 9 nitrogen and oxygen atoms in total. The summed E-state index contributed by atoms with van der Waals surface area (Å²) < 4.78 is 10.7. The normalized spacial score (nSPS) is 10.8. The minimum atomic E-state index is 0.247. The summed E-state index contributed by atoms with van der Waals surface area (Å²) in [6.07, 6.45) is 3.38. The molecule has 0 aliphatic heterocycles. The fourth-order valence-electron chi connectivity index (χ4n) is 2.41. The summed E-state index contributed by atoms with van der Waals surface area (Å²) >= 11 is 0. The van der Waals surface area contributed by atoms with Crippen LogP contribution in [-0.2, 0) is 6.54 Å². The summed E-state index contributed by atoms with van der Waals surface area (Å²) in [6.45, 7) is 2.80. The van der Waals surface area contributed by atoms with E-state index in [0.29, 0.717) is 25.0 Å². The van der Waals surface area contributed by atoms with Gasteiger partial charge >= 0.3 is 6.01 Å². The first-order chi connectivity index (χ1) is 12.8. The molecule has 0 aliphatic carbocycles. The zero-order valence-electron chi connectivity index (χ0n) is 14.1. The van der Waals surface area contributed by atoms with E-state index in [-0.39, 0.29) is 6.01 Å². The molecule has 3 N–H and O–H groups in total. The number of aromatic nitrogens is 5. The lowest BCUT2D eigenvalue weighted by atomic mass is 10.2. The Morgan fingerprint density at radius 1 is 1.15 bits per heavy atom. The molecule has 132 valence electrons. The van der Waals surface area contributed by atoms with E-state index in [1.54, 1.807) is 12.5 Å². The number of hydrogen-bond donors (Lipinski definition) is 3. The second-order valence-corrected chi connectivity index (χ2v) is 5.43. The van der Waals surface area contributed by atoms with Crippen molar-refractivity contribution in [1.29, 1.82) is 0 Å². The molecule has 4 aromatic rings. The SMILES string of the molecule is CCOc1nc(NCc2ccco2)nc(Nc2ccc3[nH]ncc3c2)n1. The molecule has 0 unspecified atom stereocenters. The predicted molar refractivity (Wildman–Crippen MR) is 96.4 cm³/mol. The summed E-state index contributed by atoms with van der Waals surface area (Å²) in [5.41, 5.74) is 1.80. The minimum Gasteiger partial charge on any atom is -0.467 e. The van der Waals surface area contributed by atoms with Gasteiger partial charge in [-0.3, -0.25) is 5.10 Å². The number of H-pyrrole nitrogens is 1. The number of ether oxygens (including phenoxy) is 1. The van der Waals surface area contributed by atoms with Gasteiger partial charge in [-0.15, -0.1) is 0 Å². The number of rotatable bonds is 7. The molecule has 9 heteroatoms. The standard InChI is InChI=1S/C17H17N7O2/c1-2-25-17-22-15(18-10-13-4-3-7-26-13)21-16(23-17)20-12-5-6-14-11(8-12)9-19-24-14/h3-9H,2,10H2,1H3,(H,19,24)(H2,18,20,21,22,23). The number of nitrogens with zero attached hydrogens (tertiary/aromatic N) is 4. The number of anilines is 3. The van der Waals surface area contributed by atoms with Crippen LogP contribution in [0.1, 0.15) is 12.7 Å². The Kier molecular flexibility index (Phi) is 4.33. The van der Waals surface area contributed by atoms with E-state index < -0.39 is 0 Å². The number of nitrogens with one attached hydrogen (secondary N) is 3. The first kappa shape index (κ1) is 15.9. The maximum Gasteiger partial charge on any atom is 0.323 e. The topological polar surface area (TPSA) is 114 Å². The van der Waals surface area contributed by atoms with E-state index in [0.717, 1.165) is 22.4 Å². The Hall–Kier alpha value is -3.62. The van der Waals surface area contributed by atoms with Crippen LogP contribution in [0.5, 0.6) is 6.01 Å². The van der Waals surface area contributed by atoms with Crippen molar-refractivity contribution in [2.45, 2.75) is 13.5 Å². The van der Waals surface area contributed by atoms with Gasteiger partial charge in [0.15, 0.2) is 0 Å². The molecule has 0 atom stereocenters. The summed E-state index contributed by atoms with van der Waals surface area (Å²) in [6, 6.07) is 9.76. The number of fused-ring (bicyclic) bond motifs is 1. The van der Waals surface area contributed by atoms with Crippen LogP contribution in [0.4, 0.5) is 17.6 Å². The molecule has 0 saturated carbocycles. The van der Waals surface area contributed by atoms with Gasteiger partial charge < -0.3 is 19.8 Å². The minimum absolute atomic E-state index is 0.247. The lowest BCUT2D eigenvalue weighted by Crippen LogP contribution is -2.09. The smallest absolute Gasteiger partial charge is 0.323 e. The van der Waals surface area contributed by atoms with Gasteiger partial charge in [0.2, 0.25) is 11.9 Å². The Bertz CT molecular complexity index is 997. The average Bonchev–Trinajstić information content (AvgIpc) is 3.31. The summed E-state index contributed by atoms with van der Waals surface area (Å²) in [5.74, 6) is 1.56. The third kappa shape index (κ3) is 3.56. The van der Waals surface area contributed by atoms with Gasteiger partial charge in [0.25, 0.3) is 0 Å². The molecular weight excluding hydrogens is 334 g/mol. The van der Waals surface area contributed by atoms with Crippen molar-refractivity contribution in [2.75, 3.05) is 17.2 Å². The van der Waals surface area contributed by atoms with Crippen LogP contribution in [-0.4, -0.2) is 31.8 Å². The van der Waals surface area contributed by atoms with E-state index in [1.165, 1.54) is 0 Å². The molecule has 3 heterocycles. The Morgan fingerprint density at radius 3 is 2.92 bits per heavy atom. The maximum atomic E-state index is 5.44. The summed E-state index contributed by atoms with van der Waals surface area (Å²) in [7, 11) is 0. The number of aromatic amines is 1. The van der Waals surface area contributed by atoms with Crippen molar-refractivity contribution in [3.8, 4) is 6.01 Å². The van der Waals surface area contributed by atoms with Crippen molar-refractivity contribution in [2.24, 2.45) is 0 Å². The van der Waals surface area contributed by atoms with Crippen LogP contribution in [0.25, 0.3) is 10.9 Å². The third-order valence-electron chi connectivity index (χ3n) is 3.59. The van der Waals surface area contributed by atoms with Gasteiger partial charge in [-0.2, -0.15) is 20.1 Å². The first-order valence-electron chi connectivity index (χ1n) is 8.15. The lowest BCUT2D eigenvalue weighted by Gasteiger charge is -2.10. The fraction of sp³-hybridized carbons (Fsp3) is 0.176. The lowest BCUT2D eigenvalue weighted by molar-refractivity contribution is 0.312. The second kappa shape index (κ2) is 7.09. The summed E-state index contributed by atoms with van der Waals surface area (Å²) in [5, 5.41) is 14.2. The van der Waals surface area contributed by atoms with Crippen LogP contribution in [0.15, 0.2) is 47.2 Å². The Labute approximate surface area is 148 Å². The highest BCUT2D eigenvalue weighted by molar-refractivity contribution is 5.82. The Balaban J connectivity index is 1.56. The highest BCUT2D eigenvalue weighted by atomic mass is 16.5. The van der Waals surface area contributed by atoms with Crippen LogP contribution in [0.2, 0.25) is 0 Å². The van der Waals surface area contributed by atoms with E-state index >= 15 is 0 Å². The van der Waals surface area contributed by atoms with E-state index in [9.17, 15) is 0 Å².